The van der Waals surface area contributed by atoms with Gasteiger partial charge in [-0.15, -0.1) is 0 Å². The van der Waals surface area contributed by atoms with E-state index >= 15 is 0 Å². The number of ether oxygens (including phenoxy) is 1. The smallest absolute Gasteiger partial charge is 0.422 e. The molecule has 6 heteroatoms. The van der Waals surface area contributed by atoms with Crippen molar-refractivity contribution in [3.63, 3.8) is 0 Å². The zero-order valence-corrected chi connectivity index (χ0v) is 15.8. The number of hydrogen-bond acceptors (Lipinski definition) is 4. The van der Waals surface area contributed by atoms with Gasteiger partial charge in [-0.1, -0.05) is 41.9 Å². The fourth-order valence-corrected chi connectivity index (χ4v) is 3.40. The molecule has 0 bridgehead atoms. The summed E-state index contributed by atoms with van der Waals surface area (Å²) in [5, 5.41) is 3.04. The first-order valence-corrected chi connectivity index (χ1v) is 9.44. The van der Waals surface area contributed by atoms with E-state index in [4.69, 9.17) is 20.8 Å². The van der Waals surface area contributed by atoms with Crippen molar-refractivity contribution in [1.82, 2.24) is 4.57 Å². The van der Waals surface area contributed by atoms with Crippen LogP contribution in [0.2, 0.25) is 5.02 Å². The molecule has 0 aliphatic heterocycles. The topological polar surface area (TPSA) is 61.4 Å². The molecule has 0 aliphatic carbocycles. The zero-order chi connectivity index (χ0) is 19.5. The Morgan fingerprint density at radius 2 is 1.75 bits per heavy atom. The van der Waals surface area contributed by atoms with Crippen LogP contribution in [0.4, 0.5) is 0 Å². The molecule has 0 saturated carbocycles. The Labute approximate surface area is 165 Å². The SMILES string of the molecule is O=c1oc(=O)n(CCCCOc2ccc3ccccc3c2)c2ccc(Cl)cc12. The third kappa shape index (κ3) is 3.80. The van der Waals surface area contributed by atoms with Crippen LogP contribution in [0.25, 0.3) is 21.7 Å². The molecule has 0 aliphatic rings. The number of hydrogen-bond donors (Lipinski definition) is 0. The molecule has 1 aromatic heterocycles. The molecule has 5 nitrogen and oxygen atoms in total. The monoisotopic (exact) mass is 395 g/mol. The minimum absolute atomic E-state index is 0.305. The second-order valence-electron chi connectivity index (χ2n) is 6.53. The van der Waals surface area contributed by atoms with Gasteiger partial charge in [-0.2, -0.15) is 0 Å². The molecule has 0 spiro atoms. The average Bonchev–Trinajstić information content (AvgIpc) is 2.70. The standard InChI is InChI=1S/C22H18ClNO4/c23-17-8-10-20-19(14-17)21(25)28-22(26)24(20)11-3-4-12-27-18-9-7-15-5-1-2-6-16(15)13-18/h1-2,5-10,13-14H,3-4,11-12H2. The number of fused-ring (bicyclic) bond motifs is 2. The molecule has 28 heavy (non-hydrogen) atoms. The Morgan fingerprint density at radius 3 is 2.61 bits per heavy atom. The van der Waals surface area contributed by atoms with Crippen molar-refractivity contribution in [3.05, 3.63) is 86.7 Å². The Kier molecular flexibility index (Phi) is 5.17. The summed E-state index contributed by atoms with van der Waals surface area (Å²) in [4.78, 5) is 24.0. The maximum atomic E-state index is 12.1. The predicted octanol–water partition coefficient (Wildman–Crippen LogP) is 4.62. The Morgan fingerprint density at radius 1 is 0.929 bits per heavy atom. The molecule has 0 atom stereocenters. The average molecular weight is 396 g/mol. The first-order valence-electron chi connectivity index (χ1n) is 9.07. The van der Waals surface area contributed by atoms with Crippen molar-refractivity contribution in [2.45, 2.75) is 19.4 Å². The molecule has 3 aromatic carbocycles. The molecule has 4 aromatic rings. The van der Waals surface area contributed by atoms with Crippen LogP contribution < -0.4 is 16.1 Å². The molecule has 0 N–H and O–H groups in total. The molecule has 4 rings (SSSR count). The van der Waals surface area contributed by atoms with Crippen LogP contribution in [-0.2, 0) is 6.54 Å². The highest BCUT2D eigenvalue weighted by atomic mass is 35.5. The summed E-state index contributed by atoms with van der Waals surface area (Å²) in [6.45, 7) is 0.968. The maximum absolute atomic E-state index is 12.1. The predicted molar refractivity (Wildman–Crippen MR) is 110 cm³/mol. The van der Waals surface area contributed by atoms with E-state index in [2.05, 4.69) is 12.1 Å². The van der Waals surface area contributed by atoms with Crippen LogP contribution in [0.15, 0.2) is 74.7 Å². The van der Waals surface area contributed by atoms with Crippen LogP contribution in [0, 0.1) is 0 Å². The van der Waals surface area contributed by atoms with Gasteiger partial charge < -0.3 is 9.15 Å². The highest BCUT2D eigenvalue weighted by Crippen LogP contribution is 2.21. The van der Waals surface area contributed by atoms with E-state index < -0.39 is 11.4 Å². The fourth-order valence-electron chi connectivity index (χ4n) is 3.23. The first kappa shape index (κ1) is 18.3. The number of unbranched alkanes of at least 4 members (excludes halogenated alkanes) is 1. The third-order valence-corrected chi connectivity index (χ3v) is 4.87. The Balaban J connectivity index is 1.40. The molecule has 0 saturated heterocycles. The quantitative estimate of drug-likeness (QED) is 0.447. The highest BCUT2D eigenvalue weighted by Gasteiger charge is 2.09. The molecule has 0 fully saturated rings. The Hall–Kier alpha value is -3.05. The summed E-state index contributed by atoms with van der Waals surface area (Å²) in [5.74, 6) is 0.164. The van der Waals surface area contributed by atoms with Gasteiger partial charge in [0.2, 0.25) is 0 Å². The van der Waals surface area contributed by atoms with E-state index in [0.29, 0.717) is 35.5 Å². The van der Waals surface area contributed by atoms with E-state index in [1.165, 1.54) is 16.0 Å². The second kappa shape index (κ2) is 7.90. The summed E-state index contributed by atoms with van der Waals surface area (Å²) >= 11 is 5.94. The molecular formula is C22H18ClNO4. The molecule has 0 radical (unpaired) electrons. The van der Waals surface area contributed by atoms with Crippen LogP contribution in [0.1, 0.15) is 12.8 Å². The minimum atomic E-state index is -0.668. The summed E-state index contributed by atoms with van der Waals surface area (Å²) in [6.07, 6.45) is 1.46. The van der Waals surface area contributed by atoms with Gasteiger partial charge in [0.15, 0.2) is 0 Å². The summed E-state index contributed by atoms with van der Waals surface area (Å²) < 4.78 is 12.1. The van der Waals surface area contributed by atoms with Gasteiger partial charge in [0.05, 0.1) is 17.5 Å². The van der Waals surface area contributed by atoms with E-state index in [1.54, 1.807) is 12.1 Å². The van der Waals surface area contributed by atoms with E-state index in [1.807, 2.05) is 30.3 Å². The summed E-state index contributed by atoms with van der Waals surface area (Å²) in [5.41, 5.74) is -0.139. The largest absolute Gasteiger partial charge is 0.494 e. The normalized spacial score (nSPS) is 11.2. The fraction of sp³-hybridized carbons (Fsp3) is 0.182. The van der Waals surface area contributed by atoms with E-state index in [0.717, 1.165) is 17.6 Å². The van der Waals surface area contributed by atoms with E-state index in [9.17, 15) is 9.59 Å². The van der Waals surface area contributed by atoms with Gasteiger partial charge in [-0.25, -0.2) is 9.59 Å². The summed E-state index contributed by atoms with van der Waals surface area (Å²) in [6, 6.07) is 19.0. The van der Waals surface area contributed by atoms with Gasteiger partial charge >= 0.3 is 11.4 Å². The second-order valence-corrected chi connectivity index (χ2v) is 6.97. The zero-order valence-electron chi connectivity index (χ0n) is 15.1. The number of rotatable bonds is 6. The number of aryl methyl sites for hydroxylation is 1. The van der Waals surface area contributed by atoms with Crippen LogP contribution in [0.3, 0.4) is 0 Å². The Bertz CT molecular complexity index is 1260. The molecule has 1 heterocycles. The van der Waals surface area contributed by atoms with Crippen LogP contribution in [0.5, 0.6) is 5.75 Å². The van der Waals surface area contributed by atoms with Crippen molar-refractivity contribution >= 4 is 33.3 Å². The van der Waals surface area contributed by atoms with Crippen molar-refractivity contribution in [2.24, 2.45) is 0 Å². The van der Waals surface area contributed by atoms with Crippen molar-refractivity contribution in [3.8, 4) is 5.75 Å². The lowest BCUT2D eigenvalue weighted by molar-refractivity contribution is 0.301. The lowest BCUT2D eigenvalue weighted by Gasteiger charge is -2.10. The lowest BCUT2D eigenvalue weighted by Crippen LogP contribution is -2.25. The highest BCUT2D eigenvalue weighted by molar-refractivity contribution is 6.31. The van der Waals surface area contributed by atoms with E-state index in [-0.39, 0.29) is 0 Å². The molecule has 0 amide bonds. The van der Waals surface area contributed by atoms with Gasteiger partial charge in [-0.3, -0.25) is 4.57 Å². The molecule has 142 valence electrons. The van der Waals surface area contributed by atoms with Gasteiger partial charge in [0.25, 0.3) is 0 Å². The van der Waals surface area contributed by atoms with Crippen molar-refractivity contribution in [2.75, 3.05) is 6.61 Å². The van der Waals surface area contributed by atoms with Gasteiger partial charge in [0.1, 0.15) is 5.75 Å². The summed E-state index contributed by atoms with van der Waals surface area (Å²) in [7, 11) is 0. The van der Waals surface area contributed by atoms with Crippen molar-refractivity contribution < 1.29 is 9.15 Å². The number of nitrogens with zero attached hydrogens (tertiary/aromatic N) is 1. The number of aromatic nitrogens is 1. The first-order chi connectivity index (χ1) is 13.6. The maximum Gasteiger partial charge on any atom is 0.422 e. The lowest BCUT2D eigenvalue weighted by atomic mass is 10.1. The van der Waals surface area contributed by atoms with Crippen molar-refractivity contribution in [1.29, 1.82) is 0 Å². The van der Waals surface area contributed by atoms with Gasteiger partial charge in [0, 0.05) is 11.6 Å². The number of benzene rings is 3. The van der Waals surface area contributed by atoms with Crippen LogP contribution in [-0.4, -0.2) is 11.2 Å². The minimum Gasteiger partial charge on any atom is -0.494 e. The van der Waals surface area contributed by atoms with Crippen LogP contribution >= 0.6 is 11.6 Å². The molecule has 0 unspecified atom stereocenters. The molecular weight excluding hydrogens is 378 g/mol. The third-order valence-electron chi connectivity index (χ3n) is 4.64. The van der Waals surface area contributed by atoms with Gasteiger partial charge in [-0.05, 0) is 53.9 Å². The number of halogens is 1.